The predicted octanol–water partition coefficient (Wildman–Crippen LogP) is 2.35. The number of carbonyl (C=O) groups is 1. The Hall–Kier alpha value is -1.70. The molecule has 0 aromatic heterocycles. The Morgan fingerprint density at radius 2 is 2.00 bits per heavy atom. The molecular weight excluding hydrogens is 174 g/mol. The van der Waals surface area contributed by atoms with Crippen molar-refractivity contribution in [3.63, 3.8) is 0 Å². The molecule has 0 saturated carbocycles. The van der Waals surface area contributed by atoms with E-state index in [2.05, 4.69) is 4.99 Å². The maximum atomic E-state index is 10.6. The van der Waals surface area contributed by atoms with E-state index in [9.17, 15) is 4.79 Å². The van der Waals surface area contributed by atoms with Crippen LogP contribution in [0.3, 0.4) is 0 Å². The Morgan fingerprint density at radius 1 is 1.21 bits per heavy atom. The number of nitrogens with zero attached hydrogens (tertiary/aromatic N) is 1. The maximum absolute atomic E-state index is 10.6. The van der Waals surface area contributed by atoms with Crippen molar-refractivity contribution >= 4 is 12.0 Å². The maximum Gasteiger partial charge on any atom is 0.168 e. The quantitative estimate of drug-likeness (QED) is 0.650. The summed E-state index contributed by atoms with van der Waals surface area (Å²) >= 11 is 0. The third-order valence-corrected chi connectivity index (χ3v) is 2.23. The van der Waals surface area contributed by atoms with Crippen LogP contribution in [0.25, 0.3) is 0 Å². The molecule has 70 valence electrons. The highest BCUT2D eigenvalue weighted by Gasteiger charge is 2.07. The smallest absolute Gasteiger partial charge is 0.168 e. The molecule has 0 saturated heterocycles. The van der Waals surface area contributed by atoms with Crippen LogP contribution < -0.4 is 0 Å². The number of carbonyl (C=O) groups excluding carboxylic acids is 1. The van der Waals surface area contributed by atoms with Gasteiger partial charge in [-0.25, -0.2) is 4.99 Å². The van der Waals surface area contributed by atoms with E-state index in [1.54, 1.807) is 0 Å². The monoisotopic (exact) mass is 185 g/mol. The van der Waals surface area contributed by atoms with Gasteiger partial charge in [0.15, 0.2) is 6.29 Å². The summed E-state index contributed by atoms with van der Waals surface area (Å²) in [5.74, 6) is 0. The Morgan fingerprint density at radius 3 is 2.71 bits per heavy atom. The number of benzene rings is 1. The Bertz CT molecular complexity index is 390. The van der Waals surface area contributed by atoms with Crippen molar-refractivity contribution in [3.05, 3.63) is 47.7 Å². The van der Waals surface area contributed by atoms with Gasteiger partial charge in [0.25, 0.3) is 0 Å². The van der Waals surface area contributed by atoms with Gasteiger partial charge in [0, 0.05) is 5.71 Å². The molecule has 1 aliphatic heterocycles. The lowest BCUT2D eigenvalue weighted by molar-refractivity contribution is -0.104. The second kappa shape index (κ2) is 4.01. The van der Waals surface area contributed by atoms with Crippen molar-refractivity contribution in [2.24, 2.45) is 4.99 Å². The van der Waals surface area contributed by atoms with Crippen molar-refractivity contribution in [1.29, 1.82) is 0 Å². The van der Waals surface area contributed by atoms with Gasteiger partial charge in [0.05, 0.1) is 5.70 Å². The minimum atomic E-state index is 0.551. The van der Waals surface area contributed by atoms with E-state index < -0.39 is 0 Å². The SMILES string of the molecule is O=CC1=CCCC(c2ccccc2)=N1. The fourth-order valence-electron chi connectivity index (χ4n) is 1.53. The van der Waals surface area contributed by atoms with Crippen molar-refractivity contribution in [1.82, 2.24) is 0 Å². The lowest BCUT2D eigenvalue weighted by Crippen LogP contribution is -2.05. The van der Waals surface area contributed by atoms with Gasteiger partial charge in [-0.05, 0) is 18.4 Å². The first kappa shape index (κ1) is 8.88. The highest BCUT2D eigenvalue weighted by atomic mass is 16.1. The molecule has 2 rings (SSSR count). The van der Waals surface area contributed by atoms with Crippen molar-refractivity contribution in [2.45, 2.75) is 12.8 Å². The third-order valence-electron chi connectivity index (χ3n) is 2.23. The van der Waals surface area contributed by atoms with Crippen LogP contribution in [-0.2, 0) is 4.79 Å². The second-order valence-corrected chi connectivity index (χ2v) is 3.21. The van der Waals surface area contributed by atoms with Crippen LogP contribution in [0.4, 0.5) is 0 Å². The third kappa shape index (κ3) is 1.79. The molecule has 0 fully saturated rings. The molecule has 0 radical (unpaired) electrons. The molecule has 0 unspecified atom stereocenters. The minimum absolute atomic E-state index is 0.551. The number of aliphatic imine (C=N–C) groups is 1. The fraction of sp³-hybridized carbons (Fsp3) is 0.167. The van der Waals surface area contributed by atoms with E-state index in [0.717, 1.165) is 30.4 Å². The normalized spacial score (nSPS) is 15.7. The number of hydrogen-bond acceptors (Lipinski definition) is 2. The van der Waals surface area contributed by atoms with Crippen molar-refractivity contribution in [3.8, 4) is 0 Å². The highest BCUT2D eigenvalue weighted by Crippen LogP contribution is 2.14. The molecular formula is C12H11NO. The van der Waals surface area contributed by atoms with Crippen LogP contribution in [0.5, 0.6) is 0 Å². The molecule has 2 nitrogen and oxygen atoms in total. The molecule has 1 heterocycles. The van der Waals surface area contributed by atoms with E-state index in [1.807, 2.05) is 36.4 Å². The van der Waals surface area contributed by atoms with E-state index in [0.29, 0.717) is 5.70 Å². The van der Waals surface area contributed by atoms with E-state index >= 15 is 0 Å². The number of rotatable bonds is 2. The molecule has 2 heteroatoms. The summed E-state index contributed by atoms with van der Waals surface area (Å²) in [5, 5.41) is 0. The van der Waals surface area contributed by atoms with Crippen LogP contribution >= 0.6 is 0 Å². The van der Waals surface area contributed by atoms with Gasteiger partial charge in [0.1, 0.15) is 0 Å². The number of allylic oxidation sites excluding steroid dienone is 2. The molecule has 0 N–H and O–H groups in total. The summed E-state index contributed by atoms with van der Waals surface area (Å²) in [5.41, 5.74) is 2.67. The van der Waals surface area contributed by atoms with Gasteiger partial charge >= 0.3 is 0 Å². The summed E-state index contributed by atoms with van der Waals surface area (Å²) in [6.45, 7) is 0. The summed E-state index contributed by atoms with van der Waals surface area (Å²) in [6.07, 6.45) is 4.50. The van der Waals surface area contributed by atoms with Crippen LogP contribution in [0, 0.1) is 0 Å². The summed E-state index contributed by atoms with van der Waals surface area (Å²) in [7, 11) is 0. The zero-order valence-electron chi connectivity index (χ0n) is 7.81. The lowest BCUT2D eigenvalue weighted by atomic mass is 10.0. The van der Waals surface area contributed by atoms with Crippen LogP contribution in [0.2, 0.25) is 0 Å². The molecule has 0 spiro atoms. The van der Waals surface area contributed by atoms with Crippen LogP contribution in [0.1, 0.15) is 18.4 Å². The fourth-order valence-corrected chi connectivity index (χ4v) is 1.53. The van der Waals surface area contributed by atoms with Crippen molar-refractivity contribution in [2.75, 3.05) is 0 Å². The Kier molecular flexibility index (Phi) is 2.54. The van der Waals surface area contributed by atoms with Crippen LogP contribution in [-0.4, -0.2) is 12.0 Å². The molecule has 14 heavy (non-hydrogen) atoms. The standard InChI is InChI=1S/C12H11NO/c14-9-11-7-4-8-12(13-11)10-5-2-1-3-6-10/h1-3,5-7,9H,4,8H2. The summed E-state index contributed by atoms with van der Waals surface area (Å²) < 4.78 is 0. The zero-order valence-corrected chi connectivity index (χ0v) is 7.81. The van der Waals surface area contributed by atoms with E-state index in [1.165, 1.54) is 0 Å². The van der Waals surface area contributed by atoms with Gasteiger partial charge in [0.2, 0.25) is 0 Å². The Labute approximate surface area is 83.0 Å². The second-order valence-electron chi connectivity index (χ2n) is 3.21. The Balaban J connectivity index is 2.32. The zero-order chi connectivity index (χ0) is 9.80. The average Bonchev–Trinajstić information content (AvgIpc) is 2.30. The molecule has 1 aliphatic rings. The van der Waals surface area contributed by atoms with Gasteiger partial charge in [-0.2, -0.15) is 0 Å². The summed E-state index contributed by atoms with van der Waals surface area (Å²) in [6, 6.07) is 9.98. The van der Waals surface area contributed by atoms with Gasteiger partial charge in [-0.3, -0.25) is 4.79 Å². The predicted molar refractivity (Wildman–Crippen MR) is 56.4 cm³/mol. The van der Waals surface area contributed by atoms with E-state index in [-0.39, 0.29) is 0 Å². The largest absolute Gasteiger partial charge is 0.296 e. The van der Waals surface area contributed by atoms with Crippen LogP contribution in [0.15, 0.2) is 47.1 Å². The molecule has 1 aromatic carbocycles. The van der Waals surface area contributed by atoms with Gasteiger partial charge < -0.3 is 0 Å². The molecule has 0 amide bonds. The first-order chi connectivity index (χ1) is 6.90. The minimum Gasteiger partial charge on any atom is -0.296 e. The molecule has 0 atom stereocenters. The molecule has 1 aromatic rings. The van der Waals surface area contributed by atoms with E-state index in [4.69, 9.17) is 0 Å². The highest BCUT2D eigenvalue weighted by molar-refractivity contribution is 6.03. The summed E-state index contributed by atoms with van der Waals surface area (Å²) in [4.78, 5) is 14.8. The number of hydrogen-bond donors (Lipinski definition) is 0. The van der Waals surface area contributed by atoms with Gasteiger partial charge in [-0.1, -0.05) is 36.4 Å². The topological polar surface area (TPSA) is 29.4 Å². The number of aldehydes is 1. The molecule has 0 aliphatic carbocycles. The first-order valence-electron chi connectivity index (χ1n) is 4.68. The van der Waals surface area contributed by atoms with Gasteiger partial charge in [-0.15, -0.1) is 0 Å². The lowest BCUT2D eigenvalue weighted by Gasteiger charge is -2.09. The average molecular weight is 185 g/mol. The first-order valence-corrected chi connectivity index (χ1v) is 4.68. The van der Waals surface area contributed by atoms with Crippen molar-refractivity contribution < 1.29 is 4.79 Å². The molecule has 0 bridgehead atoms.